The van der Waals surface area contributed by atoms with Gasteiger partial charge in [0.1, 0.15) is 5.69 Å². The van der Waals surface area contributed by atoms with Gasteiger partial charge in [0.15, 0.2) is 0 Å². The van der Waals surface area contributed by atoms with Crippen molar-refractivity contribution in [1.29, 1.82) is 0 Å². The Morgan fingerprint density at radius 1 is 1.60 bits per heavy atom. The maximum atomic E-state index is 11.4. The van der Waals surface area contributed by atoms with Crippen LogP contribution in [0.25, 0.3) is 0 Å². The second-order valence-electron chi connectivity index (χ2n) is 2.90. The highest BCUT2D eigenvalue weighted by Crippen LogP contribution is 2.03. The van der Waals surface area contributed by atoms with Crippen molar-refractivity contribution < 1.29 is 4.79 Å². The van der Waals surface area contributed by atoms with Gasteiger partial charge in [0, 0.05) is 24.5 Å². The molecule has 0 fully saturated rings. The Balaban J connectivity index is 1.77. The van der Waals surface area contributed by atoms with E-state index in [9.17, 15) is 4.79 Å². The fraction of sp³-hybridized carbons (Fsp3) is 0.222. The summed E-state index contributed by atoms with van der Waals surface area (Å²) in [6.07, 6.45) is 5.50. The minimum absolute atomic E-state index is 0.135. The fourth-order valence-corrected chi connectivity index (χ4v) is 1.76. The number of carbonyl (C=O) groups is 1. The lowest BCUT2D eigenvalue weighted by molar-refractivity contribution is 0.0949. The molecule has 2 aromatic rings. The summed E-state index contributed by atoms with van der Waals surface area (Å²) < 4.78 is 0. The zero-order valence-electron chi connectivity index (χ0n) is 7.93. The Kier molecular flexibility index (Phi) is 3.08. The molecule has 78 valence electrons. The predicted molar refractivity (Wildman–Crippen MR) is 56.7 cm³/mol. The average molecular weight is 222 g/mol. The van der Waals surface area contributed by atoms with E-state index in [4.69, 9.17) is 0 Å². The van der Waals surface area contributed by atoms with E-state index in [0.29, 0.717) is 12.2 Å². The van der Waals surface area contributed by atoms with Gasteiger partial charge in [0.05, 0.1) is 17.5 Å². The van der Waals surface area contributed by atoms with E-state index in [1.807, 2.05) is 5.38 Å². The molecule has 0 saturated carbocycles. The number of aromatic nitrogens is 3. The number of hydrogen-bond acceptors (Lipinski definition) is 4. The SMILES string of the molecule is O=C(NCCc1nccs1)c1cnc[nH]1. The normalized spacial score (nSPS) is 10.1. The first-order chi connectivity index (χ1) is 7.36. The molecule has 0 saturated heterocycles. The van der Waals surface area contributed by atoms with Gasteiger partial charge >= 0.3 is 0 Å². The lowest BCUT2D eigenvalue weighted by Gasteiger charge is -2.00. The van der Waals surface area contributed by atoms with Crippen LogP contribution in [-0.4, -0.2) is 27.4 Å². The fourth-order valence-electron chi connectivity index (χ4n) is 1.13. The van der Waals surface area contributed by atoms with Crippen LogP contribution in [0, 0.1) is 0 Å². The van der Waals surface area contributed by atoms with Crippen molar-refractivity contribution in [2.24, 2.45) is 0 Å². The molecule has 15 heavy (non-hydrogen) atoms. The highest BCUT2D eigenvalue weighted by atomic mass is 32.1. The van der Waals surface area contributed by atoms with Crippen molar-refractivity contribution in [1.82, 2.24) is 20.3 Å². The number of rotatable bonds is 4. The molecular weight excluding hydrogens is 212 g/mol. The number of imidazole rings is 1. The van der Waals surface area contributed by atoms with Crippen molar-refractivity contribution in [3.8, 4) is 0 Å². The number of H-pyrrole nitrogens is 1. The van der Waals surface area contributed by atoms with Crippen LogP contribution in [-0.2, 0) is 6.42 Å². The third kappa shape index (κ3) is 2.63. The zero-order valence-corrected chi connectivity index (χ0v) is 8.75. The van der Waals surface area contributed by atoms with Crippen LogP contribution < -0.4 is 5.32 Å². The molecule has 5 nitrogen and oxygen atoms in total. The number of nitrogens with one attached hydrogen (secondary N) is 2. The van der Waals surface area contributed by atoms with Gasteiger partial charge in [-0.2, -0.15) is 0 Å². The molecule has 0 atom stereocenters. The van der Waals surface area contributed by atoms with Crippen LogP contribution in [0.1, 0.15) is 15.5 Å². The number of thiazole rings is 1. The largest absolute Gasteiger partial charge is 0.350 e. The van der Waals surface area contributed by atoms with Gasteiger partial charge in [-0.1, -0.05) is 0 Å². The van der Waals surface area contributed by atoms with Crippen molar-refractivity contribution in [3.05, 3.63) is 34.8 Å². The van der Waals surface area contributed by atoms with Crippen LogP contribution in [0.5, 0.6) is 0 Å². The molecule has 0 radical (unpaired) electrons. The highest BCUT2D eigenvalue weighted by Gasteiger charge is 2.05. The first kappa shape index (κ1) is 9.85. The van der Waals surface area contributed by atoms with Gasteiger partial charge < -0.3 is 10.3 Å². The van der Waals surface area contributed by atoms with Crippen LogP contribution in [0.3, 0.4) is 0 Å². The summed E-state index contributed by atoms with van der Waals surface area (Å²) in [6.45, 7) is 0.589. The monoisotopic (exact) mass is 222 g/mol. The highest BCUT2D eigenvalue weighted by molar-refractivity contribution is 7.09. The number of amides is 1. The van der Waals surface area contributed by atoms with E-state index in [-0.39, 0.29) is 5.91 Å². The van der Waals surface area contributed by atoms with Crippen LogP contribution in [0.2, 0.25) is 0 Å². The first-order valence-electron chi connectivity index (χ1n) is 4.51. The summed E-state index contributed by atoms with van der Waals surface area (Å²) in [5, 5.41) is 5.73. The second kappa shape index (κ2) is 4.70. The van der Waals surface area contributed by atoms with E-state index in [0.717, 1.165) is 11.4 Å². The predicted octanol–water partition coefficient (Wildman–Crippen LogP) is 0.839. The standard InChI is InChI=1S/C9H10N4OS/c14-9(7-5-10-6-13-7)12-2-1-8-11-3-4-15-8/h3-6H,1-2H2,(H,10,13)(H,12,14). The number of aromatic amines is 1. The molecule has 2 aromatic heterocycles. The van der Waals surface area contributed by atoms with Gasteiger partial charge in [0.25, 0.3) is 5.91 Å². The van der Waals surface area contributed by atoms with Crippen LogP contribution >= 0.6 is 11.3 Å². The molecule has 6 heteroatoms. The third-order valence-electron chi connectivity index (χ3n) is 1.85. The van der Waals surface area contributed by atoms with Gasteiger partial charge in [-0.3, -0.25) is 4.79 Å². The smallest absolute Gasteiger partial charge is 0.269 e. The molecule has 0 unspecified atom stereocenters. The Labute approximate surface area is 90.6 Å². The molecule has 0 aromatic carbocycles. The Morgan fingerprint density at radius 3 is 3.20 bits per heavy atom. The summed E-state index contributed by atoms with van der Waals surface area (Å²) in [6, 6.07) is 0. The van der Waals surface area contributed by atoms with Gasteiger partial charge in [-0.15, -0.1) is 11.3 Å². The van der Waals surface area contributed by atoms with Gasteiger partial charge in [-0.25, -0.2) is 9.97 Å². The molecule has 0 bridgehead atoms. The summed E-state index contributed by atoms with van der Waals surface area (Å²) >= 11 is 1.59. The Morgan fingerprint density at radius 2 is 2.53 bits per heavy atom. The van der Waals surface area contributed by atoms with E-state index < -0.39 is 0 Å². The summed E-state index contributed by atoms with van der Waals surface area (Å²) in [4.78, 5) is 22.1. The molecule has 0 spiro atoms. The van der Waals surface area contributed by atoms with E-state index in [2.05, 4.69) is 20.3 Å². The van der Waals surface area contributed by atoms with Crippen molar-refractivity contribution in [3.63, 3.8) is 0 Å². The minimum atomic E-state index is -0.135. The maximum Gasteiger partial charge on any atom is 0.269 e. The quantitative estimate of drug-likeness (QED) is 0.805. The van der Waals surface area contributed by atoms with Crippen molar-refractivity contribution >= 4 is 17.2 Å². The molecule has 0 aliphatic carbocycles. The van der Waals surface area contributed by atoms with E-state index in [1.165, 1.54) is 12.5 Å². The topological polar surface area (TPSA) is 70.7 Å². The zero-order chi connectivity index (χ0) is 10.5. The number of nitrogens with zero attached hydrogens (tertiary/aromatic N) is 2. The molecule has 0 aliphatic heterocycles. The van der Waals surface area contributed by atoms with Crippen LogP contribution in [0.4, 0.5) is 0 Å². The minimum Gasteiger partial charge on any atom is -0.350 e. The summed E-state index contributed by atoms with van der Waals surface area (Å²) in [5.74, 6) is -0.135. The van der Waals surface area contributed by atoms with E-state index in [1.54, 1.807) is 17.5 Å². The summed E-state index contributed by atoms with van der Waals surface area (Å²) in [5.41, 5.74) is 0.481. The Bertz CT molecular complexity index is 409. The molecule has 2 heterocycles. The Hall–Kier alpha value is -1.69. The van der Waals surface area contributed by atoms with Gasteiger partial charge in [0.2, 0.25) is 0 Å². The number of carbonyl (C=O) groups excluding carboxylic acids is 1. The lowest BCUT2D eigenvalue weighted by atomic mass is 10.4. The van der Waals surface area contributed by atoms with Gasteiger partial charge in [-0.05, 0) is 0 Å². The number of hydrogen-bond donors (Lipinski definition) is 2. The first-order valence-corrected chi connectivity index (χ1v) is 5.39. The molecule has 2 rings (SSSR count). The molecular formula is C9H10N4OS. The van der Waals surface area contributed by atoms with Crippen LogP contribution in [0.15, 0.2) is 24.1 Å². The molecule has 2 N–H and O–H groups in total. The van der Waals surface area contributed by atoms with E-state index >= 15 is 0 Å². The molecule has 1 amide bonds. The van der Waals surface area contributed by atoms with Crippen molar-refractivity contribution in [2.75, 3.05) is 6.54 Å². The third-order valence-corrected chi connectivity index (χ3v) is 2.69. The lowest BCUT2D eigenvalue weighted by Crippen LogP contribution is -2.25. The average Bonchev–Trinajstić information content (AvgIpc) is 2.90. The second-order valence-corrected chi connectivity index (χ2v) is 3.88. The summed E-state index contributed by atoms with van der Waals surface area (Å²) in [7, 11) is 0. The van der Waals surface area contributed by atoms with Crippen molar-refractivity contribution in [2.45, 2.75) is 6.42 Å². The molecule has 0 aliphatic rings. The maximum absolute atomic E-state index is 11.4.